The molecule has 2 aromatic rings. The van der Waals surface area contributed by atoms with Crippen molar-refractivity contribution in [1.29, 1.82) is 5.26 Å². The molecule has 3 nitrogen and oxygen atoms in total. The molecule has 0 aliphatic rings. The van der Waals surface area contributed by atoms with Gasteiger partial charge in [0.2, 0.25) is 0 Å². The molecule has 0 spiro atoms. The molecular formula is C10H6ClN3S. The maximum absolute atomic E-state index is 8.97. The van der Waals surface area contributed by atoms with E-state index < -0.39 is 0 Å². The lowest BCUT2D eigenvalue weighted by Gasteiger charge is -2.02. The summed E-state index contributed by atoms with van der Waals surface area (Å²) >= 11 is 7.24. The number of nitriles is 1. The van der Waals surface area contributed by atoms with Gasteiger partial charge < -0.3 is 5.73 Å². The lowest BCUT2D eigenvalue weighted by molar-refractivity contribution is 1.31. The van der Waals surface area contributed by atoms with E-state index in [1.54, 1.807) is 18.3 Å². The molecule has 0 unspecified atom stereocenters. The zero-order chi connectivity index (χ0) is 10.8. The molecule has 0 fully saturated rings. The van der Waals surface area contributed by atoms with E-state index in [9.17, 15) is 0 Å². The van der Waals surface area contributed by atoms with Crippen LogP contribution in [0.15, 0.2) is 24.4 Å². The van der Waals surface area contributed by atoms with Crippen LogP contribution in [0.3, 0.4) is 0 Å². The van der Waals surface area contributed by atoms with Crippen LogP contribution in [-0.4, -0.2) is 4.98 Å². The summed E-state index contributed by atoms with van der Waals surface area (Å²) in [5.41, 5.74) is 6.79. The number of nitrogen functional groups attached to an aromatic ring is 1. The van der Waals surface area contributed by atoms with Crippen LogP contribution in [0.5, 0.6) is 0 Å². The van der Waals surface area contributed by atoms with Crippen molar-refractivity contribution in [3.8, 4) is 16.5 Å². The first kappa shape index (κ1) is 9.97. The fraction of sp³-hybridized carbons (Fsp3) is 0. The molecule has 0 bridgehead atoms. The molecule has 0 amide bonds. The highest BCUT2D eigenvalue weighted by Crippen LogP contribution is 2.33. The molecule has 0 saturated heterocycles. The van der Waals surface area contributed by atoms with Gasteiger partial charge in [0, 0.05) is 16.6 Å². The van der Waals surface area contributed by atoms with Gasteiger partial charge in [0.25, 0.3) is 0 Å². The molecular weight excluding hydrogens is 230 g/mol. The summed E-state index contributed by atoms with van der Waals surface area (Å²) in [7, 11) is 0. The van der Waals surface area contributed by atoms with Crippen LogP contribution in [0.4, 0.5) is 5.82 Å². The van der Waals surface area contributed by atoms with E-state index in [0.29, 0.717) is 9.90 Å². The predicted octanol–water partition coefficient (Wildman–Crippen LogP) is 2.92. The Kier molecular flexibility index (Phi) is 2.58. The van der Waals surface area contributed by atoms with Crippen LogP contribution < -0.4 is 5.73 Å². The van der Waals surface area contributed by atoms with E-state index in [2.05, 4.69) is 4.98 Å². The molecule has 2 rings (SSSR count). The number of thiophene rings is 1. The van der Waals surface area contributed by atoms with E-state index in [4.69, 9.17) is 22.6 Å². The molecule has 0 aromatic carbocycles. The van der Waals surface area contributed by atoms with Gasteiger partial charge in [-0.25, -0.2) is 4.98 Å². The molecule has 5 heteroatoms. The molecule has 2 heterocycles. The second-order valence-electron chi connectivity index (χ2n) is 2.83. The number of rotatable bonds is 1. The number of nitrogens with zero attached hydrogens (tertiary/aromatic N) is 2. The van der Waals surface area contributed by atoms with Crippen molar-refractivity contribution in [2.45, 2.75) is 0 Å². The van der Waals surface area contributed by atoms with Gasteiger partial charge in [-0.2, -0.15) is 5.26 Å². The monoisotopic (exact) mass is 235 g/mol. The third kappa shape index (κ3) is 1.80. The number of hydrogen-bond donors (Lipinski definition) is 1. The van der Waals surface area contributed by atoms with Crippen molar-refractivity contribution in [1.82, 2.24) is 4.98 Å². The Hall–Kier alpha value is -1.57. The first-order valence-electron chi connectivity index (χ1n) is 4.12. The van der Waals surface area contributed by atoms with Crippen molar-refractivity contribution >= 4 is 28.8 Å². The van der Waals surface area contributed by atoms with Gasteiger partial charge in [-0.1, -0.05) is 11.6 Å². The Morgan fingerprint density at radius 2 is 2.20 bits per heavy atom. The van der Waals surface area contributed by atoms with Crippen molar-refractivity contribution in [2.75, 3.05) is 5.73 Å². The highest BCUT2D eigenvalue weighted by atomic mass is 35.5. The molecule has 74 valence electrons. The van der Waals surface area contributed by atoms with Gasteiger partial charge in [0.1, 0.15) is 17.5 Å². The number of pyridine rings is 1. The van der Waals surface area contributed by atoms with Crippen LogP contribution >= 0.6 is 22.9 Å². The lowest BCUT2D eigenvalue weighted by atomic mass is 10.1. The van der Waals surface area contributed by atoms with Gasteiger partial charge in [0.15, 0.2) is 0 Å². The topological polar surface area (TPSA) is 62.7 Å². The quantitative estimate of drug-likeness (QED) is 0.827. The maximum atomic E-state index is 8.97. The van der Waals surface area contributed by atoms with Gasteiger partial charge in [-0.15, -0.1) is 11.3 Å². The van der Waals surface area contributed by atoms with E-state index in [1.807, 2.05) is 12.1 Å². The molecule has 0 saturated carbocycles. The number of anilines is 1. The molecule has 2 aromatic heterocycles. The maximum Gasteiger partial charge on any atom is 0.141 e. The minimum absolute atomic E-state index is 0.250. The first-order chi connectivity index (χ1) is 7.22. The molecule has 15 heavy (non-hydrogen) atoms. The van der Waals surface area contributed by atoms with Gasteiger partial charge in [-0.3, -0.25) is 0 Å². The number of hydrogen-bond acceptors (Lipinski definition) is 4. The average molecular weight is 236 g/mol. The summed E-state index contributed by atoms with van der Waals surface area (Å²) in [6, 6.07) is 7.46. The van der Waals surface area contributed by atoms with E-state index >= 15 is 0 Å². The standard InChI is InChI=1S/C10H6ClN3S/c11-9-2-1-8(15-9)6-3-4-14-10(13)7(6)5-12/h1-4H,(H2,13,14). The lowest BCUT2D eigenvalue weighted by Crippen LogP contribution is -1.95. The molecule has 0 radical (unpaired) electrons. The summed E-state index contributed by atoms with van der Waals surface area (Å²) in [6.45, 7) is 0. The van der Waals surface area contributed by atoms with Crippen molar-refractivity contribution in [3.63, 3.8) is 0 Å². The second-order valence-corrected chi connectivity index (χ2v) is 4.55. The molecule has 2 N–H and O–H groups in total. The van der Waals surface area contributed by atoms with E-state index in [-0.39, 0.29) is 5.82 Å². The van der Waals surface area contributed by atoms with E-state index in [1.165, 1.54) is 11.3 Å². The first-order valence-corrected chi connectivity index (χ1v) is 5.32. The number of aromatic nitrogens is 1. The zero-order valence-electron chi connectivity index (χ0n) is 7.57. The minimum atomic E-state index is 0.250. The summed E-state index contributed by atoms with van der Waals surface area (Å²) in [6.07, 6.45) is 1.58. The van der Waals surface area contributed by atoms with Crippen LogP contribution in [0.1, 0.15) is 5.56 Å². The molecule has 0 atom stereocenters. The Bertz CT molecular complexity index is 542. The normalized spacial score (nSPS) is 9.87. The Labute approximate surface area is 95.7 Å². The number of halogens is 1. The van der Waals surface area contributed by atoms with Crippen molar-refractivity contribution in [3.05, 3.63) is 34.3 Å². The minimum Gasteiger partial charge on any atom is -0.383 e. The van der Waals surface area contributed by atoms with Crippen molar-refractivity contribution < 1.29 is 0 Å². The zero-order valence-corrected chi connectivity index (χ0v) is 9.14. The number of nitrogens with two attached hydrogens (primary N) is 1. The smallest absolute Gasteiger partial charge is 0.141 e. The second kappa shape index (κ2) is 3.89. The van der Waals surface area contributed by atoms with Crippen LogP contribution in [0, 0.1) is 11.3 Å². The summed E-state index contributed by atoms with van der Waals surface area (Å²) in [5.74, 6) is 0.250. The van der Waals surface area contributed by atoms with Gasteiger partial charge in [0.05, 0.1) is 4.34 Å². The summed E-state index contributed by atoms with van der Waals surface area (Å²) in [5, 5.41) is 8.97. The van der Waals surface area contributed by atoms with Crippen molar-refractivity contribution in [2.24, 2.45) is 0 Å². The van der Waals surface area contributed by atoms with Crippen LogP contribution in [-0.2, 0) is 0 Å². The van der Waals surface area contributed by atoms with Crippen LogP contribution in [0.2, 0.25) is 4.34 Å². The Balaban J connectivity index is 2.63. The molecule has 0 aliphatic heterocycles. The molecule has 0 aliphatic carbocycles. The third-order valence-electron chi connectivity index (χ3n) is 1.93. The Morgan fingerprint density at radius 3 is 2.80 bits per heavy atom. The SMILES string of the molecule is N#Cc1c(-c2ccc(Cl)s2)ccnc1N. The Morgan fingerprint density at radius 1 is 1.40 bits per heavy atom. The largest absolute Gasteiger partial charge is 0.383 e. The third-order valence-corrected chi connectivity index (χ3v) is 3.20. The highest BCUT2D eigenvalue weighted by molar-refractivity contribution is 7.19. The average Bonchev–Trinajstić information content (AvgIpc) is 2.64. The highest BCUT2D eigenvalue weighted by Gasteiger charge is 2.10. The fourth-order valence-electron chi connectivity index (χ4n) is 1.26. The van der Waals surface area contributed by atoms with Crippen LogP contribution in [0.25, 0.3) is 10.4 Å². The van der Waals surface area contributed by atoms with Gasteiger partial charge in [-0.05, 0) is 18.2 Å². The summed E-state index contributed by atoms with van der Waals surface area (Å²) < 4.78 is 0.685. The summed E-state index contributed by atoms with van der Waals surface area (Å²) in [4.78, 5) is 4.79. The van der Waals surface area contributed by atoms with Gasteiger partial charge >= 0.3 is 0 Å². The predicted molar refractivity (Wildman–Crippen MR) is 61.7 cm³/mol. The van der Waals surface area contributed by atoms with E-state index in [0.717, 1.165) is 10.4 Å². The fourth-order valence-corrected chi connectivity index (χ4v) is 2.33.